The van der Waals surface area contributed by atoms with Crippen LogP contribution in [0.3, 0.4) is 0 Å². The number of hydrogen-bond acceptors (Lipinski definition) is 6. The SMILES string of the molecule is CCN(CC)C[C@@H]1CCCN1C(=O)O[C@@H]1CC[C@]2(CO2)[C@@H]([C@@]2(C)O[C@@H]2CC=C(C)C)[C@@H]1OC. The van der Waals surface area contributed by atoms with E-state index in [1.807, 2.05) is 4.90 Å². The smallest absolute Gasteiger partial charge is 0.410 e. The first-order valence-electron chi connectivity index (χ1n) is 13.0. The van der Waals surface area contributed by atoms with Crippen molar-refractivity contribution in [2.75, 3.05) is 39.9 Å². The van der Waals surface area contributed by atoms with Crippen molar-refractivity contribution in [2.24, 2.45) is 5.92 Å². The number of likely N-dealkylation sites (N-methyl/N-ethyl adjacent to an activating group) is 1. The third-order valence-corrected chi connectivity index (χ3v) is 8.46. The van der Waals surface area contributed by atoms with Gasteiger partial charge < -0.3 is 28.7 Å². The Morgan fingerprint density at radius 1 is 1.24 bits per heavy atom. The minimum atomic E-state index is -0.312. The van der Waals surface area contributed by atoms with Gasteiger partial charge in [0.05, 0.1) is 18.6 Å². The van der Waals surface area contributed by atoms with Gasteiger partial charge in [0.2, 0.25) is 0 Å². The normalized spacial score (nSPS) is 39.7. The number of likely N-dealkylation sites (tertiary alicyclic amines) is 1. The van der Waals surface area contributed by atoms with Crippen molar-refractivity contribution in [3.8, 4) is 0 Å². The molecule has 0 N–H and O–H groups in total. The van der Waals surface area contributed by atoms with Gasteiger partial charge in [-0.15, -0.1) is 0 Å². The molecule has 0 unspecified atom stereocenters. The van der Waals surface area contributed by atoms with Crippen molar-refractivity contribution in [1.29, 1.82) is 0 Å². The fourth-order valence-electron chi connectivity index (χ4n) is 6.31. The molecule has 4 fully saturated rings. The quantitative estimate of drug-likeness (QED) is 0.379. The third kappa shape index (κ3) is 4.97. The predicted molar refractivity (Wildman–Crippen MR) is 127 cm³/mol. The molecule has 1 aliphatic carbocycles. The van der Waals surface area contributed by atoms with E-state index >= 15 is 0 Å². The van der Waals surface area contributed by atoms with Gasteiger partial charge in [-0.3, -0.25) is 0 Å². The molecule has 4 rings (SSSR count). The molecule has 3 aliphatic heterocycles. The molecule has 1 saturated carbocycles. The van der Waals surface area contributed by atoms with Gasteiger partial charge in [-0.05, 0) is 66.0 Å². The van der Waals surface area contributed by atoms with Gasteiger partial charge in [0.15, 0.2) is 0 Å². The van der Waals surface area contributed by atoms with Crippen LogP contribution in [0.4, 0.5) is 4.79 Å². The minimum Gasteiger partial charge on any atom is -0.443 e. The maximum absolute atomic E-state index is 13.3. The highest BCUT2D eigenvalue weighted by atomic mass is 16.6. The summed E-state index contributed by atoms with van der Waals surface area (Å²) in [6.45, 7) is 15.2. The van der Waals surface area contributed by atoms with E-state index in [0.717, 1.165) is 64.9 Å². The average Bonchev–Trinajstić information content (AvgIpc) is 3.65. The van der Waals surface area contributed by atoms with Gasteiger partial charge in [0, 0.05) is 26.2 Å². The number of carbonyl (C=O) groups is 1. The Morgan fingerprint density at radius 2 is 1.97 bits per heavy atom. The second-order valence-electron chi connectivity index (χ2n) is 10.8. The fraction of sp³-hybridized carbons (Fsp3) is 0.885. The van der Waals surface area contributed by atoms with E-state index in [2.05, 4.69) is 45.6 Å². The lowest BCUT2D eigenvalue weighted by Gasteiger charge is -2.43. The molecular weight excluding hydrogens is 420 g/mol. The van der Waals surface area contributed by atoms with Gasteiger partial charge in [0.1, 0.15) is 23.4 Å². The minimum absolute atomic E-state index is 0.0576. The highest BCUT2D eigenvalue weighted by Gasteiger charge is 2.72. The molecular formula is C26H44N2O5. The second kappa shape index (κ2) is 9.84. The van der Waals surface area contributed by atoms with Gasteiger partial charge in [-0.2, -0.15) is 0 Å². The van der Waals surface area contributed by atoms with Crippen LogP contribution in [0, 0.1) is 5.92 Å². The first-order valence-corrected chi connectivity index (χ1v) is 13.0. The summed E-state index contributed by atoms with van der Waals surface area (Å²) in [7, 11) is 1.73. The first kappa shape index (κ1) is 25.0. The van der Waals surface area contributed by atoms with E-state index in [-0.39, 0.29) is 47.6 Å². The van der Waals surface area contributed by atoms with Crippen LogP contribution in [-0.2, 0) is 18.9 Å². The van der Waals surface area contributed by atoms with Crippen molar-refractivity contribution in [1.82, 2.24) is 9.80 Å². The van der Waals surface area contributed by atoms with Crippen molar-refractivity contribution in [3.63, 3.8) is 0 Å². The molecule has 3 heterocycles. The Balaban J connectivity index is 1.44. The summed E-state index contributed by atoms with van der Waals surface area (Å²) >= 11 is 0. The van der Waals surface area contributed by atoms with Gasteiger partial charge in [-0.25, -0.2) is 4.79 Å². The molecule has 0 bridgehead atoms. The Bertz CT molecular complexity index is 730. The van der Waals surface area contributed by atoms with Gasteiger partial charge >= 0.3 is 6.09 Å². The molecule has 33 heavy (non-hydrogen) atoms. The molecule has 7 heteroatoms. The lowest BCUT2D eigenvalue weighted by molar-refractivity contribution is -0.122. The van der Waals surface area contributed by atoms with E-state index in [4.69, 9.17) is 18.9 Å². The molecule has 0 aromatic heterocycles. The molecule has 1 amide bonds. The third-order valence-electron chi connectivity index (χ3n) is 8.46. The van der Waals surface area contributed by atoms with Crippen LogP contribution in [0.2, 0.25) is 0 Å². The lowest BCUT2D eigenvalue weighted by Crippen LogP contribution is -2.56. The number of methoxy groups -OCH3 is 1. The summed E-state index contributed by atoms with van der Waals surface area (Å²) in [6.07, 6.45) is 6.33. The Morgan fingerprint density at radius 3 is 2.58 bits per heavy atom. The monoisotopic (exact) mass is 464 g/mol. The van der Waals surface area contributed by atoms with Crippen LogP contribution in [-0.4, -0.2) is 91.3 Å². The van der Waals surface area contributed by atoms with Crippen molar-refractivity contribution in [2.45, 2.75) is 102 Å². The number of rotatable bonds is 9. The molecule has 7 atom stereocenters. The molecule has 4 aliphatic rings. The number of nitrogens with zero attached hydrogens (tertiary/aromatic N) is 2. The van der Waals surface area contributed by atoms with Crippen molar-refractivity contribution < 1.29 is 23.7 Å². The zero-order chi connectivity index (χ0) is 23.8. The average molecular weight is 465 g/mol. The van der Waals surface area contributed by atoms with Gasteiger partial charge in [0.25, 0.3) is 0 Å². The molecule has 188 valence electrons. The number of epoxide rings is 2. The highest BCUT2D eigenvalue weighted by molar-refractivity contribution is 5.68. The lowest BCUT2D eigenvalue weighted by atomic mass is 9.68. The van der Waals surface area contributed by atoms with Crippen LogP contribution < -0.4 is 0 Å². The van der Waals surface area contributed by atoms with Crippen LogP contribution in [0.15, 0.2) is 11.6 Å². The highest BCUT2D eigenvalue weighted by Crippen LogP contribution is 2.59. The first-order chi connectivity index (χ1) is 15.8. The van der Waals surface area contributed by atoms with E-state index in [1.165, 1.54) is 5.57 Å². The summed E-state index contributed by atoms with van der Waals surface area (Å²) < 4.78 is 24.5. The fourth-order valence-corrected chi connectivity index (χ4v) is 6.31. The second-order valence-corrected chi connectivity index (χ2v) is 10.8. The van der Waals surface area contributed by atoms with Crippen molar-refractivity contribution in [3.05, 3.63) is 11.6 Å². The van der Waals surface area contributed by atoms with Crippen LogP contribution >= 0.6 is 0 Å². The summed E-state index contributed by atoms with van der Waals surface area (Å²) in [4.78, 5) is 17.6. The van der Waals surface area contributed by atoms with Crippen LogP contribution in [0.5, 0.6) is 0 Å². The largest absolute Gasteiger partial charge is 0.443 e. The van der Waals surface area contributed by atoms with E-state index in [1.54, 1.807) is 7.11 Å². The number of carbonyl (C=O) groups excluding carboxylic acids is 1. The molecule has 0 aromatic rings. The molecule has 0 aromatic carbocycles. The number of ether oxygens (including phenoxy) is 4. The number of amides is 1. The van der Waals surface area contributed by atoms with Gasteiger partial charge in [-0.1, -0.05) is 25.5 Å². The Hall–Kier alpha value is -1.15. The molecule has 1 spiro atoms. The van der Waals surface area contributed by atoms with E-state index in [0.29, 0.717) is 0 Å². The maximum Gasteiger partial charge on any atom is 0.410 e. The zero-order valence-corrected chi connectivity index (χ0v) is 21.5. The number of hydrogen-bond donors (Lipinski definition) is 0. The number of allylic oxidation sites excluding steroid dienone is 1. The summed E-state index contributed by atoms with van der Waals surface area (Å²) in [6, 6.07) is 0.230. The van der Waals surface area contributed by atoms with E-state index in [9.17, 15) is 4.79 Å². The van der Waals surface area contributed by atoms with Crippen LogP contribution in [0.25, 0.3) is 0 Å². The molecule has 7 nitrogen and oxygen atoms in total. The summed E-state index contributed by atoms with van der Waals surface area (Å²) in [5.74, 6) is 0.0576. The summed E-state index contributed by atoms with van der Waals surface area (Å²) in [5, 5.41) is 0. The van der Waals surface area contributed by atoms with E-state index < -0.39 is 0 Å². The molecule has 0 radical (unpaired) electrons. The Kier molecular flexibility index (Phi) is 7.44. The maximum atomic E-state index is 13.3. The molecule has 3 saturated heterocycles. The zero-order valence-electron chi connectivity index (χ0n) is 21.5. The summed E-state index contributed by atoms with van der Waals surface area (Å²) in [5.41, 5.74) is 0.790. The predicted octanol–water partition coefficient (Wildman–Crippen LogP) is 4.01. The standard InChI is InChI=1S/C26H44N2O5/c1-7-27(8-2)16-19-10-9-15-28(19)24(29)32-20-13-14-26(17-31-26)23(22(20)30-6)25(5)21(33-25)12-11-18(3)4/h11,19-23H,7-10,12-17H2,1-6H3/t19-,20+,21+,22+,23+,25-,26-/m0/s1. The van der Waals surface area contributed by atoms with Crippen molar-refractivity contribution >= 4 is 6.09 Å². The Labute approximate surface area is 199 Å². The topological polar surface area (TPSA) is 67.1 Å². The van der Waals surface area contributed by atoms with Crippen LogP contribution in [0.1, 0.15) is 66.7 Å².